The molecule has 0 spiro atoms. The van der Waals surface area contributed by atoms with E-state index in [9.17, 15) is 5.26 Å². The van der Waals surface area contributed by atoms with Crippen LogP contribution in [0.15, 0.2) is 41.4 Å². The summed E-state index contributed by atoms with van der Waals surface area (Å²) in [7, 11) is 0. The molecule has 160 valence electrons. The Morgan fingerprint density at radius 2 is 1.13 bits per heavy atom. The van der Waals surface area contributed by atoms with Crippen LogP contribution in [0.5, 0.6) is 0 Å². The highest BCUT2D eigenvalue weighted by molar-refractivity contribution is 5.98. The summed E-state index contributed by atoms with van der Waals surface area (Å²) in [5, 5.41) is 15.7. The van der Waals surface area contributed by atoms with Crippen molar-refractivity contribution in [3.05, 3.63) is 58.7 Å². The molecular formula is C26H36N4. The van der Waals surface area contributed by atoms with Crippen molar-refractivity contribution in [2.24, 2.45) is 4.99 Å². The van der Waals surface area contributed by atoms with Gasteiger partial charge < -0.3 is 5.32 Å². The van der Waals surface area contributed by atoms with E-state index >= 15 is 0 Å². The van der Waals surface area contributed by atoms with E-state index in [1.165, 1.54) is 22.3 Å². The molecule has 2 aromatic rings. The molecule has 0 unspecified atom stereocenters. The number of para-hydroxylation sites is 2. The van der Waals surface area contributed by atoms with Crippen LogP contribution < -0.4 is 10.6 Å². The summed E-state index contributed by atoms with van der Waals surface area (Å²) in [6.45, 7) is 17.4. The van der Waals surface area contributed by atoms with Gasteiger partial charge in [-0.1, -0.05) is 91.8 Å². The Morgan fingerprint density at radius 3 is 1.50 bits per heavy atom. The number of aliphatic imine (C=N–C) groups is 1. The van der Waals surface area contributed by atoms with Crippen molar-refractivity contribution < 1.29 is 0 Å². The van der Waals surface area contributed by atoms with Crippen LogP contribution in [-0.4, -0.2) is 5.96 Å². The summed E-state index contributed by atoms with van der Waals surface area (Å²) in [5.41, 5.74) is 6.78. The van der Waals surface area contributed by atoms with Crippen LogP contribution in [0.1, 0.15) is 101 Å². The summed E-state index contributed by atoms with van der Waals surface area (Å²) in [6.07, 6.45) is 2.06. The molecule has 0 bridgehead atoms. The number of nitrogens with one attached hydrogen (secondary N) is 2. The summed E-state index contributed by atoms with van der Waals surface area (Å²) >= 11 is 0. The van der Waals surface area contributed by atoms with Crippen LogP contribution in [0.2, 0.25) is 0 Å². The van der Waals surface area contributed by atoms with Crippen LogP contribution in [0, 0.1) is 11.5 Å². The molecule has 2 rings (SSSR count). The van der Waals surface area contributed by atoms with Crippen LogP contribution in [0.25, 0.3) is 0 Å². The molecule has 4 nitrogen and oxygen atoms in total. The first-order valence-electron chi connectivity index (χ1n) is 10.9. The molecule has 0 fully saturated rings. The zero-order chi connectivity index (χ0) is 22.4. The molecule has 30 heavy (non-hydrogen) atoms. The van der Waals surface area contributed by atoms with Crippen molar-refractivity contribution in [2.75, 3.05) is 5.32 Å². The predicted octanol–water partition coefficient (Wildman–Crippen LogP) is 7.35. The van der Waals surface area contributed by atoms with E-state index in [-0.39, 0.29) is 0 Å². The maximum atomic E-state index is 9.42. The quantitative estimate of drug-likeness (QED) is 0.229. The fraction of sp³-hybridized carbons (Fsp3) is 0.462. The normalized spacial score (nSPS) is 12.0. The highest BCUT2D eigenvalue weighted by Crippen LogP contribution is 2.36. The van der Waals surface area contributed by atoms with Gasteiger partial charge in [0.15, 0.2) is 6.19 Å². The van der Waals surface area contributed by atoms with Crippen molar-refractivity contribution in [2.45, 2.75) is 79.1 Å². The maximum absolute atomic E-state index is 9.42. The van der Waals surface area contributed by atoms with Gasteiger partial charge in [0.2, 0.25) is 5.96 Å². The van der Waals surface area contributed by atoms with Gasteiger partial charge in [0.25, 0.3) is 0 Å². The van der Waals surface area contributed by atoms with E-state index in [4.69, 9.17) is 4.99 Å². The zero-order valence-corrected chi connectivity index (χ0v) is 19.7. The van der Waals surface area contributed by atoms with Gasteiger partial charge in [-0.05, 0) is 45.9 Å². The standard InChI is InChI=1S/C26H36N4/c1-16(2)20-11-9-12-21(17(3)4)24(20)29-26(28-15-27)30-25-22(18(5)6)13-10-14-23(25)19(7)8/h9-14,16-19H,1-8H3,(H2,28,29,30). The summed E-state index contributed by atoms with van der Waals surface area (Å²) < 4.78 is 0. The molecule has 0 amide bonds. The first-order valence-corrected chi connectivity index (χ1v) is 10.9. The molecule has 0 saturated heterocycles. The van der Waals surface area contributed by atoms with Gasteiger partial charge in [-0.3, -0.25) is 5.32 Å². The molecule has 4 heteroatoms. The molecule has 2 N–H and O–H groups in total. The first kappa shape index (κ1) is 23.5. The summed E-state index contributed by atoms with van der Waals surface area (Å²) in [4.78, 5) is 4.96. The maximum Gasteiger partial charge on any atom is 0.214 e. The fourth-order valence-corrected chi connectivity index (χ4v) is 3.71. The van der Waals surface area contributed by atoms with Gasteiger partial charge in [0.1, 0.15) is 0 Å². The minimum atomic E-state index is 0.333. The number of guanidine groups is 1. The van der Waals surface area contributed by atoms with Gasteiger partial charge in [-0.25, -0.2) is 4.99 Å². The lowest BCUT2D eigenvalue weighted by Gasteiger charge is -2.22. The number of anilines is 1. The van der Waals surface area contributed by atoms with Crippen LogP contribution >= 0.6 is 0 Å². The minimum Gasteiger partial charge on any atom is -0.325 e. The second-order valence-corrected chi connectivity index (χ2v) is 9.04. The number of nitrogens with zero attached hydrogens (tertiary/aromatic N) is 2. The SMILES string of the molecule is CC(C)c1cccc(C(C)C)c1N=C(NC#N)Nc1c(C(C)C)cccc1C(C)C. The molecule has 2 aromatic carbocycles. The monoisotopic (exact) mass is 404 g/mol. The molecule has 0 heterocycles. The third-order valence-corrected chi connectivity index (χ3v) is 5.36. The van der Waals surface area contributed by atoms with Crippen molar-refractivity contribution in [1.29, 1.82) is 5.26 Å². The molecule has 0 aliphatic heterocycles. The van der Waals surface area contributed by atoms with Gasteiger partial charge in [0, 0.05) is 5.69 Å². The van der Waals surface area contributed by atoms with Crippen LogP contribution in [-0.2, 0) is 0 Å². The smallest absolute Gasteiger partial charge is 0.214 e. The Balaban J connectivity index is 2.67. The first-order chi connectivity index (χ1) is 14.2. The van der Waals surface area contributed by atoms with E-state index in [1.54, 1.807) is 0 Å². The van der Waals surface area contributed by atoms with E-state index in [0.29, 0.717) is 29.6 Å². The van der Waals surface area contributed by atoms with Gasteiger partial charge >= 0.3 is 0 Å². The number of benzene rings is 2. The Labute approximate surface area is 182 Å². The van der Waals surface area contributed by atoms with Crippen LogP contribution in [0.3, 0.4) is 0 Å². The third-order valence-electron chi connectivity index (χ3n) is 5.36. The molecule has 0 saturated carbocycles. The lowest BCUT2D eigenvalue weighted by Crippen LogP contribution is -2.28. The average molecular weight is 405 g/mol. The highest BCUT2D eigenvalue weighted by Gasteiger charge is 2.18. The zero-order valence-electron chi connectivity index (χ0n) is 19.7. The second kappa shape index (κ2) is 10.3. The Hall–Kier alpha value is -2.80. The van der Waals surface area contributed by atoms with E-state index in [1.807, 2.05) is 0 Å². The number of rotatable bonds is 6. The van der Waals surface area contributed by atoms with Gasteiger partial charge in [-0.15, -0.1) is 0 Å². The van der Waals surface area contributed by atoms with Crippen LogP contribution in [0.4, 0.5) is 11.4 Å². The summed E-state index contributed by atoms with van der Waals surface area (Å²) in [6, 6.07) is 12.7. The largest absolute Gasteiger partial charge is 0.325 e. The Kier molecular flexibility index (Phi) is 8.06. The molecular weight excluding hydrogens is 368 g/mol. The molecule has 0 aliphatic carbocycles. The fourth-order valence-electron chi connectivity index (χ4n) is 3.71. The van der Waals surface area contributed by atoms with Gasteiger partial charge in [-0.2, -0.15) is 5.26 Å². The Morgan fingerprint density at radius 1 is 0.733 bits per heavy atom. The number of hydrogen-bond donors (Lipinski definition) is 2. The third kappa shape index (κ3) is 5.42. The molecule has 0 atom stereocenters. The van der Waals surface area contributed by atoms with Crippen molar-refractivity contribution in [1.82, 2.24) is 5.32 Å². The topological polar surface area (TPSA) is 60.2 Å². The lowest BCUT2D eigenvalue weighted by atomic mass is 9.92. The molecule has 0 aliphatic rings. The van der Waals surface area contributed by atoms with E-state index < -0.39 is 0 Å². The average Bonchev–Trinajstić information content (AvgIpc) is 2.67. The lowest BCUT2D eigenvalue weighted by molar-refractivity contribution is 0.833. The molecule has 0 radical (unpaired) electrons. The summed E-state index contributed by atoms with van der Waals surface area (Å²) in [5.74, 6) is 1.83. The highest BCUT2D eigenvalue weighted by atomic mass is 15.2. The van der Waals surface area contributed by atoms with Crippen molar-refractivity contribution >= 4 is 17.3 Å². The van der Waals surface area contributed by atoms with Gasteiger partial charge in [0.05, 0.1) is 5.69 Å². The van der Waals surface area contributed by atoms with E-state index in [0.717, 1.165) is 11.4 Å². The van der Waals surface area contributed by atoms with Crippen molar-refractivity contribution in [3.63, 3.8) is 0 Å². The van der Waals surface area contributed by atoms with E-state index in [2.05, 4.69) is 109 Å². The second-order valence-electron chi connectivity index (χ2n) is 9.04. The number of hydrogen-bond acceptors (Lipinski definition) is 2. The Bertz CT molecular complexity index is 878. The number of nitriles is 1. The molecule has 0 aromatic heterocycles. The van der Waals surface area contributed by atoms with Crippen molar-refractivity contribution in [3.8, 4) is 6.19 Å². The minimum absolute atomic E-state index is 0.333. The predicted molar refractivity (Wildman–Crippen MR) is 129 cm³/mol.